The Bertz CT molecular complexity index is 848. The van der Waals surface area contributed by atoms with Crippen LogP contribution in [-0.4, -0.2) is 28.8 Å². The molecule has 2 aliphatic rings. The van der Waals surface area contributed by atoms with E-state index in [-0.39, 0.29) is 23.3 Å². The second kappa shape index (κ2) is 7.36. The van der Waals surface area contributed by atoms with E-state index < -0.39 is 5.97 Å². The van der Waals surface area contributed by atoms with E-state index >= 15 is 0 Å². The van der Waals surface area contributed by atoms with Crippen molar-refractivity contribution in [1.82, 2.24) is 0 Å². The number of carboxylic acid groups (broad SMARTS) is 1. The molecule has 2 atom stereocenters. The normalized spacial score (nSPS) is 20.8. The van der Waals surface area contributed by atoms with E-state index in [0.717, 1.165) is 18.6 Å². The number of allylic oxidation sites excluding steroid dienone is 1. The van der Waals surface area contributed by atoms with Crippen LogP contribution in [0.15, 0.2) is 54.0 Å². The van der Waals surface area contributed by atoms with Crippen molar-refractivity contribution in [3.8, 4) is 11.8 Å². The number of nitriles is 1. The molecule has 1 aromatic carbocycles. The van der Waals surface area contributed by atoms with Gasteiger partial charge >= 0.3 is 5.97 Å². The average Bonchev–Trinajstić information content (AvgIpc) is 2.99. The molecule has 1 heterocycles. The third-order valence-electron chi connectivity index (χ3n) is 4.53. The maximum atomic E-state index is 11.1. The molecule has 134 valence electrons. The number of unbranched alkanes of at least 4 members (excludes halogenated alkanes) is 1. The Morgan fingerprint density at radius 1 is 1.42 bits per heavy atom. The molecule has 1 aliphatic heterocycles. The Morgan fingerprint density at radius 2 is 2.23 bits per heavy atom. The van der Waals surface area contributed by atoms with E-state index in [9.17, 15) is 15.2 Å². The van der Waals surface area contributed by atoms with Gasteiger partial charge in [0.1, 0.15) is 17.1 Å². The van der Waals surface area contributed by atoms with Crippen molar-refractivity contribution in [2.24, 2.45) is 5.92 Å². The molecule has 6 nitrogen and oxygen atoms in total. The van der Waals surface area contributed by atoms with Crippen LogP contribution in [0.4, 0.5) is 5.69 Å². The first-order valence-electron chi connectivity index (χ1n) is 8.54. The summed E-state index contributed by atoms with van der Waals surface area (Å²) in [6.07, 6.45) is 9.55. The molecule has 6 heteroatoms. The molecule has 2 N–H and O–H groups in total. The predicted molar refractivity (Wildman–Crippen MR) is 96.6 cm³/mol. The number of fused-ring (bicyclic) bond motifs is 1. The number of carbonyl (C=O) groups is 1. The van der Waals surface area contributed by atoms with Gasteiger partial charge in [0.15, 0.2) is 0 Å². The van der Waals surface area contributed by atoms with E-state index in [2.05, 4.69) is 13.0 Å². The molecule has 0 spiro atoms. The number of phenols is 1. The van der Waals surface area contributed by atoms with Gasteiger partial charge in [0.25, 0.3) is 0 Å². The molecule has 0 saturated heterocycles. The topological polar surface area (TPSA) is 93.8 Å². The summed E-state index contributed by atoms with van der Waals surface area (Å²) in [5.74, 6) is -0.836. The van der Waals surface area contributed by atoms with Crippen LogP contribution < -0.4 is 4.90 Å². The molecule has 26 heavy (non-hydrogen) atoms. The highest BCUT2D eigenvalue weighted by Crippen LogP contribution is 2.38. The Hall–Kier alpha value is -3.20. The van der Waals surface area contributed by atoms with Gasteiger partial charge < -0.3 is 19.8 Å². The van der Waals surface area contributed by atoms with E-state index in [0.29, 0.717) is 17.9 Å². The van der Waals surface area contributed by atoms with Crippen LogP contribution in [0.3, 0.4) is 0 Å². The van der Waals surface area contributed by atoms with Crippen molar-refractivity contribution in [3.63, 3.8) is 0 Å². The van der Waals surface area contributed by atoms with Crippen LogP contribution in [0.5, 0.6) is 5.75 Å². The number of rotatable bonds is 6. The molecule has 0 fully saturated rings. The standard InChI is InChI=1S/C20H20N2O4/c1-2-3-8-26-15-5-7-16-13(11-21)12-22(18(16)10-15)14-4-6-17(20(24)25)19(23)9-14/h4-7,9-10,12,16,18,23H,2-3,8H2,1H3,(H,24,25). The van der Waals surface area contributed by atoms with Gasteiger partial charge in [0, 0.05) is 23.9 Å². The summed E-state index contributed by atoms with van der Waals surface area (Å²) in [5.41, 5.74) is 1.07. The van der Waals surface area contributed by atoms with E-state index in [1.807, 2.05) is 23.1 Å². The summed E-state index contributed by atoms with van der Waals surface area (Å²) in [6, 6.07) is 6.46. The number of benzene rings is 1. The summed E-state index contributed by atoms with van der Waals surface area (Å²) < 4.78 is 5.77. The quantitative estimate of drug-likeness (QED) is 0.760. The van der Waals surface area contributed by atoms with Crippen LogP contribution >= 0.6 is 0 Å². The molecular formula is C20H20N2O4. The second-order valence-corrected chi connectivity index (χ2v) is 6.26. The molecule has 2 unspecified atom stereocenters. The lowest BCUT2D eigenvalue weighted by atomic mass is 9.91. The van der Waals surface area contributed by atoms with E-state index in [4.69, 9.17) is 9.84 Å². The van der Waals surface area contributed by atoms with Crippen molar-refractivity contribution in [2.45, 2.75) is 25.8 Å². The van der Waals surface area contributed by atoms with Crippen molar-refractivity contribution in [3.05, 3.63) is 59.5 Å². The number of ether oxygens (including phenoxy) is 1. The summed E-state index contributed by atoms with van der Waals surface area (Å²) in [7, 11) is 0. The van der Waals surface area contributed by atoms with Gasteiger partial charge in [-0.05, 0) is 30.7 Å². The minimum atomic E-state index is -1.19. The van der Waals surface area contributed by atoms with Crippen molar-refractivity contribution >= 4 is 11.7 Å². The minimum absolute atomic E-state index is 0.0974. The Labute approximate surface area is 151 Å². The number of hydrogen-bond donors (Lipinski definition) is 2. The fourth-order valence-electron chi connectivity index (χ4n) is 3.14. The van der Waals surface area contributed by atoms with Gasteiger partial charge in [-0.25, -0.2) is 4.79 Å². The van der Waals surface area contributed by atoms with Crippen LogP contribution in [0, 0.1) is 17.2 Å². The SMILES string of the molecule is CCCCOC1=CC2C(C=C1)C(C#N)=CN2c1ccc(C(=O)O)c(O)c1. The molecule has 0 radical (unpaired) electrons. The highest BCUT2D eigenvalue weighted by molar-refractivity contribution is 5.91. The monoisotopic (exact) mass is 352 g/mol. The summed E-state index contributed by atoms with van der Waals surface area (Å²) in [4.78, 5) is 12.9. The Kier molecular flexibility index (Phi) is 4.99. The molecule has 0 bridgehead atoms. The van der Waals surface area contributed by atoms with Crippen molar-refractivity contribution < 1.29 is 19.7 Å². The number of hydrogen-bond acceptors (Lipinski definition) is 5. The van der Waals surface area contributed by atoms with Gasteiger partial charge in [0.05, 0.1) is 24.3 Å². The minimum Gasteiger partial charge on any atom is -0.507 e. The molecule has 1 aliphatic carbocycles. The summed E-state index contributed by atoms with van der Waals surface area (Å²) >= 11 is 0. The first-order valence-corrected chi connectivity index (χ1v) is 8.54. The Morgan fingerprint density at radius 3 is 2.88 bits per heavy atom. The maximum absolute atomic E-state index is 11.1. The number of nitrogens with zero attached hydrogens (tertiary/aromatic N) is 2. The molecule has 0 amide bonds. The number of anilines is 1. The van der Waals surface area contributed by atoms with E-state index in [1.165, 1.54) is 12.1 Å². The first kappa shape index (κ1) is 17.6. The molecule has 3 rings (SSSR count). The van der Waals surface area contributed by atoms with Gasteiger partial charge in [-0.3, -0.25) is 0 Å². The zero-order valence-electron chi connectivity index (χ0n) is 14.4. The average molecular weight is 352 g/mol. The largest absolute Gasteiger partial charge is 0.507 e. The lowest BCUT2D eigenvalue weighted by Gasteiger charge is -2.29. The summed E-state index contributed by atoms with van der Waals surface area (Å²) in [5, 5.41) is 28.5. The van der Waals surface area contributed by atoms with Crippen LogP contribution in [0.25, 0.3) is 0 Å². The first-order chi connectivity index (χ1) is 12.5. The van der Waals surface area contributed by atoms with Crippen LogP contribution in [0.2, 0.25) is 0 Å². The van der Waals surface area contributed by atoms with Gasteiger partial charge in [-0.2, -0.15) is 5.26 Å². The highest BCUT2D eigenvalue weighted by atomic mass is 16.5. The highest BCUT2D eigenvalue weighted by Gasteiger charge is 2.35. The molecule has 0 aromatic heterocycles. The van der Waals surface area contributed by atoms with Crippen molar-refractivity contribution in [2.75, 3.05) is 11.5 Å². The molecule has 1 aromatic rings. The van der Waals surface area contributed by atoms with Crippen LogP contribution in [0.1, 0.15) is 30.1 Å². The lowest BCUT2D eigenvalue weighted by Crippen LogP contribution is -2.31. The second-order valence-electron chi connectivity index (χ2n) is 6.26. The van der Waals surface area contributed by atoms with Crippen molar-refractivity contribution in [1.29, 1.82) is 5.26 Å². The van der Waals surface area contributed by atoms with Gasteiger partial charge in [0.2, 0.25) is 0 Å². The zero-order chi connectivity index (χ0) is 18.7. The fourth-order valence-corrected chi connectivity index (χ4v) is 3.14. The van der Waals surface area contributed by atoms with Gasteiger partial charge in [-0.15, -0.1) is 0 Å². The smallest absolute Gasteiger partial charge is 0.339 e. The van der Waals surface area contributed by atoms with E-state index in [1.54, 1.807) is 12.3 Å². The number of carboxylic acids is 1. The predicted octanol–water partition coefficient (Wildman–Crippen LogP) is 3.57. The molecular weight excluding hydrogens is 332 g/mol. The zero-order valence-corrected chi connectivity index (χ0v) is 14.4. The fraction of sp³-hybridized carbons (Fsp3) is 0.300. The third-order valence-corrected chi connectivity index (χ3v) is 4.53. The van der Waals surface area contributed by atoms with Gasteiger partial charge in [-0.1, -0.05) is 19.4 Å². The Balaban J connectivity index is 1.90. The summed E-state index contributed by atoms with van der Waals surface area (Å²) in [6.45, 7) is 2.73. The number of aromatic carboxylic acids is 1. The number of aromatic hydroxyl groups is 1. The maximum Gasteiger partial charge on any atom is 0.339 e. The third kappa shape index (κ3) is 3.29. The van der Waals surface area contributed by atoms with Crippen LogP contribution in [-0.2, 0) is 4.74 Å². The molecule has 0 saturated carbocycles. The lowest BCUT2D eigenvalue weighted by molar-refractivity contribution is 0.0694.